The first-order valence-electron chi connectivity index (χ1n) is 7.87. The first-order valence-corrected chi connectivity index (χ1v) is 8.75. The first-order chi connectivity index (χ1) is 11.5. The summed E-state index contributed by atoms with van der Waals surface area (Å²) in [6.45, 7) is 4.70. The van der Waals surface area contributed by atoms with Crippen LogP contribution in [0.25, 0.3) is 10.6 Å². The summed E-state index contributed by atoms with van der Waals surface area (Å²) in [7, 11) is 1.82. The fourth-order valence-electron chi connectivity index (χ4n) is 2.51. The predicted molar refractivity (Wildman–Crippen MR) is 99.3 cm³/mol. The maximum atomic E-state index is 12.6. The average molecular weight is 336 g/mol. The van der Waals surface area contributed by atoms with E-state index in [1.165, 1.54) is 22.5 Å². The van der Waals surface area contributed by atoms with Crippen LogP contribution in [-0.4, -0.2) is 22.8 Å². The van der Waals surface area contributed by atoms with E-state index in [9.17, 15) is 4.79 Å². The highest BCUT2D eigenvalue weighted by Gasteiger charge is 2.16. The molecule has 0 saturated heterocycles. The van der Waals surface area contributed by atoms with Crippen molar-refractivity contribution in [3.8, 4) is 10.6 Å². The maximum absolute atomic E-state index is 12.6. The molecule has 2 aromatic carbocycles. The number of thiazole rings is 1. The summed E-state index contributed by atoms with van der Waals surface area (Å²) in [6.07, 6.45) is 0. The number of benzene rings is 2. The zero-order valence-corrected chi connectivity index (χ0v) is 14.9. The first kappa shape index (κ1) is 16.4. The van der Waals surface area contributed by atoms with Crippen molar-refractivity contribution in [1.29, 1.82) is 0 Å². The van der Waals surface area contributed by atoms with Gasteiger partial charge in [0.1, 0.15) is 10.7 Å². The van der Waals surface area contributed by atoms with Crippen molar-refractivity contribution >= 4 is 17.2 Å². The van der Waals surface area contributed by atoms with E-state index >= 15 is 0 Å². The Labute approximate surface area is 146 Å². The molecule has 1 amide bonds. The minimum Gasteiger partial charge on any atom is -0.336 e. The maximum Gasteiger partial charge on any atom is 0.273 e. The second-order valence-corrected chi connectivity index (χ2v) is 6.85. The van der Waals surface area contributed by atoms with Crippen molar-refractivity contribution in [3.63, 3.8) is 0 Å². The molecule has 0 radical (unpaired) electrons. The normalized spacial score (nSPS) is 10.6. The average Bonchev–Trinajstić information content (AvgIpc) is 3.07. The number of carbonyl (C=O) groups is 1. The van der Waals surface area contributed by atoms with Crippen LogP contribution >= 0.6 is 11.3 Å². The fourth-order valence-corrected chi connectivity index (χ4v) is 3.31. The molecule has 0 aliphatic heterocycles. The number of amides is 1. The third-order valence-corrected chi connectivity index (χ3v) is 4.93. The largest absolute Gasteiger partial charge is 0.336 e. The van der Waals surface area contributed by atoms with E-state index in [1.807, 2.05) is 36.7 Å². The van der Waals surface area contributed by atoms with E-state index in [1.54, 1.807) is 4.90 Å². The van der Waals surface area contributed by atoms with Gasteiger partial charge in [0, 0.05) is 24.5 Å². The standard InChI is InChI=1S/C20H20N2OS/c1-14-8-10-16(11-9-14)19-21-18(13-24-19)20(23)22(3)12-17-7-5-4-6-15(17)2/h4-11,13H,12H2,1-3H3. The number of carbonyl (C=O) groups excluding carboxylic acids is 1. The molecular weight excluding hydrogens is 316 g/mol. The van der Waals surface area contributed by atoms with Gasteiger partial charge in [-0.25, -0.2) is 4.98 Å². The Morgan fingerprint density at radius 1 is 1.08 bits per heavy atom. The molecule has 3 nitrogen and oxygen atoms in total. The van der Waals surface area contributed by atoms with Gasteiger partial charge in [-0.2, -0.15) is 0 Å². The van der Waals surface area contributed by atoms with Crippen molar-refractivity contribution in [2.24, 2.45) is 0 Å². The van der Waals surface area contributed by atoms with Gasteiger partial charge in [0.2, 0.25) is 0 Å². The molecule has 1 heterocycles. The highest BCUT2D eigenvalue weighted by molar-refractivity contribution is 7.13. The summed E-state index contributed by atoms with van der Waals surface area (Å²) in [5, 5.41) is 2.72. The molecular formula is C20H20N2OS. The molecule has 0 saturated carbocycles. The van der Waals surface area contributed by atoms with Crippen LogP contribution in [0.15, 0.2) is 53.9 Å². The summed E-state index contributed by atoms with van der Waals surface area (Å²) in [5.74, 6) is -0.0483. The Bertz CT molecular complexity index is 852. The zero-order valence-electron chi connectivity index (χ0n) is 14.1. The molecule has 122 valence electrons. The molecule has 24 heavy (non-hydrogen) atoms. The van der Waals surface area contributed by atoms with Crippen LogP contribution in [0.2, 0.25) is 0 Å². The number of hydrogen-bond donors (Lipinski definition) is 0. The van der Waals surface area contributed by atoms with Gasteiger partial charge < -0.3 is 4.90 Å². The summed E-state index contributed by atoms with van der Waals surface area (Å²) < 4.78 is 0. The third-order valence-electron chi connectivity index (χ3n) is 4.04. The van der Waals surface area contributed by atoms with Crippen LogP contribution in [0.5, 0.6) is 0 Å². The van der Waals surface area contributed by atoms with E-state index in [0.717, 1.165) is 16.1 Å². The Morgan fingerprint density at radius 2 is 1.79 bits per heavy atom. The molecule has 0 aliphatic carbocycles. The second-order valence-electron chi connectivity index (χ2n) is 5.99. The number of aryl methyl sites for hydroxylation is 2. The molecule has 0 bridgehead atoms. The highest BCUT2D eigenvalue weighted by Crippen LogP contribution is 2.24. The molecule has 0 spiro atoms. The summed E-state index contributed by atoms with van der Waals surface area (Å²) in [6, 6.07) is 16.3. The molecule has 0 fully saturated rings. The predicted octanol–water partition coefficient (Wildman–Crippen LogP) is 4.70. The van der Waals surface area contributed by atoms with E-state index < -0.39 is 0 Å². The molecule has 0 aliphatic rings. The van der Waals surface area contributed by atoms with Crippen LogP contribution in [0.4, 0.5) is 0 Å². The van der Waals surface area contributed by atoms with Crippen molar-refractivity contribution in [3.05, 3.63) is 76.3 Å². The van der Waals surface area contributed by atoms with Crippen LogP contribution in [0, 0.1) is 13.8 Å². The zero-order chi connectivity index (χ0) is 17.1. The molecule has 1 aromatic heterocycles. The monoisotopic (exact) mass is 336 g/mol. The summed E-state index contributed by atoms with van der Waals surface area (Å²) in [4.78, 5) is 18.9. The number of aromatic nitrogens is 1. The number of nitrogens with zero attached hydrogens (tertiary/aromatic N) is 2. The molecule has 0 N–H and O–H groups in total. The third kappa shape index (κ3) is 3.54. The fraction of sp³-hybridized carbons (Fsp3) is 0.200. The van der Waals surface area contributed by atoms with Crippen LogP contribution in [0.3, 0.4) is 0 Å². The van der Waals surface area contributed by atoms with Crippen molar-refractivity contribution in [2.45, 2.75) is 20.4 Å². The minimum atomic E-state index is -0.0483. The molecule has 0 atom stereocenters. The van der Waals surface area contributed by atoms with Gasteiger partial charge >= 0.3 is 0 Å². The van der Waals surface area contributed by atoms with Gasteiger partial charge in [0.25, 0.3) is 5.91 Å². The van der Waals surface area contributed by atoms with Crippen molar-refractivity contribution in [2.75, 3.05) is 7.05 Å². The lowest BCUT2D eigenvalue weighted by atomic mass is 10.1. The van der Waals surface area contributed by atoms with Gasteiger partial charge in [-0.1, -0.05) is 54.1 Å². The summed E-state index contributed by atoms with van der Waals surface area (Å²) in [5.41, 5.74) is 5.11. The Balaban J connectivity index is 1.75. The Kier molecular flexibility index (Phi) is 4.76. The smallest absolute Gasteiger partial charge is 0.273 e. The van der Waals surface area contributed by atoms with Gasteiger partial charge in [-0.05, 0) is 25.0 Å². The lowest BCUT2D eigenvalue weighted by Gasteiger charge is -2.17. The molecule has 3 rings (SSSR count). The van der Waals surface area contributed by atoms with E-state index in [0.29, 0.717) is 12.2 Å². The highest BCUT2D eigenvalue weighted by atomic mass is 32.1. The van der Waals surface area contributed by atoms with Crippen LogP contribution < -0.4 is 0 Å². The van der Waals surface area contributed by atoms with Gasteiger partial charge in [0.05, 0.1) is 0 Å². The van der Waals surface area contributed by atoms with Crippen LogP contribution in [0.1, 0.15) is 27.2 Å². The molecule has 4 heteroatoms. The van der Waals surface area contributed by atoms with Gasteiger partial charge in [0.15, 0.2) is 0 Å². The quantitative estimate of drug-likeness (QED) is 0.692. The van der Waals surface area contributed by atoms with Crippen molar-refractivity contribution in [1.82, 2.24) is 9.88 Å². The molecule has 0 unspecified atom stereocenters. The van der Waals surface area contributed by atoms with Crippen molar-refractivity contribution < 1.29 is 4.79 Å². The van der Waals surface area contributed by atoms with E-state index in [2.05, 4.69) is 43.1 Å². The van der Waals surface area contributed by atoms with Gasteiger partial charge in [-0.3, -0.25) is 4.79 Å². The van der Waals surface area contributed by atoms with E-state index in [4.69, 9.17) is 0 Å². The Morgan fingerprint density at radius 3 is 2.50 bits per heavy atom. The van der Waals surface area contributed by atoms with Crippen LogP contribution in [-0.2, 0) is 6.54 Å². The second kappa shape index (κ2) is 6.97. The lowest BCUT2D eigenvalue weighted by Crippen LogP contribution is -2.26. The lowest BCUT2D eigenvalue weighted by molar-refractivity contribution is 0.0780. The summed E-state index contributed by atoms with van der Waals surface area (Å²) >= 11 is 1.51. The topological polar surface area (TPSA) is 33.2 Å². The number of hydrogen-bond acceptors (Lipinski definition) is 3. The number of rotatable bonds is 4. The SMILES string of the molecule is Cc1ccc(-c2nc(C(=O)N(C)Cc3ccccc3C)cs2)cc1. The van der Waals surface area contributed by atoms with Gasteiger partial charge in [-0.15, -0.1) is 11.3 Å². The van der Waals surface area contributed by atoms with E-state index in [-0.39, 0.29) is 5.91 Å². The Hall–Kier alpha value is -2.46. The molecule has 3 aromatic rings. The minimum absolute atomic E-state index is 0.0483.